The lowest BCUT2D eigenvalue weighted by molar-refractivity contribution is -0.889. The Kier molecular flexibility index (Phi) is 34.3. The minimum absolute atomic E-state index is 0.0411. The highest BCUT2D eigenvalue weighted by Crippen LogP contribution is 2.15. The Morgan fingerprint density at radius 2 is 1.08 bits per heavy atom. The van der Waals surface area contributed by atoms with E-state index in [1.165, 1.54) is 96.3 Å². The maximum absolute atomic E-state index is 12.7. The van der Waals surface area contributed by atoms with E-state index >= 15 is 0 Å². The summed E-state index contributed by atoms with van der Waals surface area (Å²) in [5.41, 5.74) is 0. The predicted molar refractivity (Wildman–Crippen MR) is 213 cm³/mol. The number of carbonyl (C=O) groups excluding carboxylic acids is 3. The van der Waals surface area contributed by atoms with Crippen LogP contribution < -0.4 is 5.11 Å². The van der Waals surface area contributed by atoms with Gasteiger partial charge in [-0.2, -0.15) is 0 Å². The molecule has 2 unspecified atom stereocenters. The molecule has 0 aromatic carbocycles. The van der Waals surface area contributed by atoms with E-state index < -0.39 is 18.1 Å². The smallest absolute Gasteiger partial charge is 0.306 e. The van der Waals surface area contributed by atoms with E-state index in [0.717, 1.165) is 57.8 Å². The van der Waals surface area contributed by atoms with Crippen LogP contribution in [0, 0.1) is 0 Å². The number of allylic oxidation sites excluding steroid dienone is 4. The van der Waals surface area contributed by atoms with Crippen LogP contribution in [0.1, 0.15) is 187 Å². The average Bonchev–Trinajstić information content (AvgIpc) is 3.09. The van der Waals surface area contributed by atoms with E-state index in [9.17, 15) is 19.5 Å². The van der Waals surface area contributed by atoms with Crippen LogP contribution in [0.2, 0.25) is 0 Å². The summed E-state index contributed by atoms with van der Waals surface area (Å²) in [4.78, 5) is 36.8. The quantitative estimate of drug-likeness (QED) is 0.0269. The van der Waals surface area contributed by atoms with Gasteiger partial charge in [0.1, 0.15) is 12.6 Å². The van der Waals surface area contributed by atoms with Crippen molar-refractivity contribution >= 4 is 17.9 Å². The second-order valence-corrected chi connectivity index (χ2v) is 15.6. The summed E-state index contributed by atoms with van der Waals surface area (Å²) >= 11 is 0. The molecule has 0 aromatic heterocycles. The Bertz CT molecular complexity index is 911. The number of hydrogen-bond acceptors (Lipinski definition) is 7. The number of carboxylic acid groups (broad SMARTS) is 1. The number of unbranched alkanes of at least 4 members (excludes halogenated alkanes) is 20. The Labute approximate surface area is 320 Å². The van der Waals surface area contributed by atoms with Crippen LogP contribution in [-0.4, -0.2) is 75.5 Å². The first-order valence-electron chi connectivity index (χ1n) is 21.4. The van der Waals surface area contributed by atoms with Gasteiger partial charge in [0.2, 0.25) is 0 Å². The second-order valence-electron chi connectivity index (χ2n) is 15.6. The molecule has 0 aromatic rings. The summed E-state index contributed by atoms with van der Waals surface area (Å²) in [6.45, 7) is 4.56. The lowest BCUT2D eigenvalue weighted by Gasteiger charge is -2.34. The molecule has 0 rings (SSSR count). The van der Waals surface area contributed by atoms with Crippen LogP contribution >= 0.6 is 0 Å². The number of aliphatic carboxylic acids is 1. The van der Waals surface area contributed by atoms with Gasteiger partial charge in [0.25, 0.3) is 0 Å². The molecule has 0 saturated heterocycles. The zero-order chi connectivity index (χ0) is 38.5. The number of quaternary nitrogens is 1. The van der Waals surface area contributed by atoms with Crippen molar-refractivity contribution in [3.63, 3.8) is 0 Å². The molecule has 0 bridgehead atoms. The average molecular weight is 736 g/mol. The highest BCUT2D eigenvalue weighted by atomic mass is 16.6. The van der Waals surface area contributed by atoms with E-state index in [1.807, 2.05) is 0 Å². The summed E-state index contributed by atoms with van der Waals surface area (Å²) in [5, 5.41) is 11.6. The molecule has 2 atom stereocenters. The maximum Gasteiger partial charge on any atom is 0.306 e. The normalized spacial score (nSPS) is 13.2. The monoisotopic (exact) mass is 736 g/mol. The fraction of sp³-hybridized carbons (Fsp3) is 0.841. The van der Waals surface area contributed by atoms with Crippen molar-refractivity contribution < 1.29 is 38.2 Å². The van der Waals surface area contributed by atoms with E-state index in [2.05, 4.69) is 38.2 Å². The van der Waals surface area contributed by atoms with Crippen molar-refractivity contribution in [2.45, 2.75) is 199 Å². The van der Waals surface area contributed by atoms with Crippen LogP contribution in [-0.2, 0) is 28.6 Å². The molecule has 0 aliphatic carbocycles. The van der Waals surface area contributed by atoms with Crippen molar-refractivity contribution in [2.24, 2.45) is 0 Å². The van der Waals surface area contributed by atoms with E-state index in [4.69, 9.17) is 14.2 Å². The van der Waals surface area contributed by atoms with Gasteiger partial charge in [0, 0.05) is 19.3 Å². The Morgan fingerprint density at radius 3 is 1.58 bits per heavy atom. The van der Waals surface area contributed by atoms with Gasteiger partial charge < -0.3 is 28.6 Å². The van der Waals surface area contributed by atoms with Crippen molar-refractivity contribution in [3.05, 3.63) is 24.3 Å². The minimum atomic E-state index is -1.13. The first-order chi connectivity index (χ1) is 25.1. The number of carboxylic acids is 1. The number of likely N-dealkylation sites (N-methyl/N-ethyl adjacent to an activating group) is 1. The molecule has 0 heterocycles. The number of rotatable bonds is 38. The first kappa shape index (κ1) is 49.8. The molecule has 0 aliphatic rings. The largest absolute Gasteiger partial charge is 0.544 e. The van der Waals surface area contributed by atoms with E-state index in [-0.39, 0.29) is 42.7 Å². The van der Waals surface area contributed by atoms with Gasteiger partial charge in [-0.15, -0.1) is 0 Å². The third kappa shape index (κ3) is 33.6. The number of nitrogens with zero attached hydrogens (tertiary/aromatic N) is 1. The van der Waals surface area contributed by atoms with Gasteiger partial charge >= 0.3 is 11.9 Å². The topological polar surface area (TPSA) is 102 Å². The lowest BCUT2D eigenvalue weighted by atomic mass is 10.0. The van der Waals surface area contributed by atoms with Crippen LogP contribution in [0.15, 0.2) is 24.3 Å². The summed E-state index contributed by atoms with van der Waals surface area (Å²) in [6.07, 6.45) is 37.7. The molecule has 8 nitrogen and oxygen atoms in total. The fourth-order valence-corrected chi connectivity index (χ4v) is 6.28. The maximum atomic E-state index is 12.7. The highest BCUT2D eigenvalue weighted by Gasteiger charge is 2.25. The molecular weight excluding hydrogens is 654 g/mol. The first-order valence-corrected chi connectivity index (χ1v) is 21.4. The third-order valence-electron chi connectivity index (χ3n) is 9.60. The molecule has 0 amide bonds. The molecular formula is C44H81NO7. The minimum Gasteiger partial charge on any atom is -0.544 e. The number of hydrogen-bond donors (Lipinski definition) is 0. The highest BCUT2D eigenvalue weighted by molar-refractivity contribution is 5.70. The molecule has 0 radical (unpaired) electrons. The SMILES string of the molecule is CC/C=C/C/C=C/CCCCCCCCCC(=O)OC(COCCC(C(=O)[O-])[N+](C)(C)C)COC(=O)CCCCCCCCCCCCCCCC. The molecule has 0 fully saturated rings. The number of ether oxygens (including phenoxy) is 3. The zero-order valence-corrected chi connectivity index (χ0v) is 34.5. The third-order valence-corrected chi connectivity index (χ3v) is 9.60. The predicted octanol–water partition coefficient (Wildman–Crippen LogP) is 9.97. The molecule has 304 valence electrons. The lowest BCUT2D eigenvalue weighted by Crippen LogP contribution is -2.55. The summed E-state index contributed by atoms with van der Waals surface area (Å²) in [6, 6.07) is -0.723. The summed E-state index contributed by atoms with van der Waals surface area (Å²) in [7, 11) is 5.40. The van der Waals surface area contributed by atoms with Crippen LogP contribution in [0.4, 0.5) is 0 Å². The molecule has 0 aliphatic heterocycles. The molecule has 52 heavy (non-hydrogen) atoms. The summed E-state index contributed by atoms with van der Waals surface area (Å²) < 4.78 is 17.1. The van der Waals surface area contributed by atoms with Gasteiger partial charge in [0.15, 0.2) is 6.10 Å². The van der Waals surface area contributed by atoms with Crippen molar-refractivity contribution in [1.29, 1.82) is 0 Å². The Balaban J connectivity index is 4.35. The molecule has 0 spiro atoms. The van der Waals surface area contributed by atoms with E-state index in [0.29, 0.717) is 12.8 Å². The van der Waals surface area contributed by atoms with Crippen molar-refractivity contribution in [2.75, 3.05) is 41.0 Å². The number of esters is 2. The fourth-order valence-electron chi connectivity index (χ4n) is 6.28. The molecule has 0 N–H and O–H groups in total. The Morgan fingerprint density at radius 1 is 0.596 bits per heavy atom. The standard InChI is InChI=1S/C44H81NO7/c1-6-8-10-12-14-16-18-20-22-24-26-28-30-32-34-42(46)51-39-40(38-50-37-36-41(44(48)49)45(3,4)5)52-43(47)35-33-31-29-27-25-23-21-19-17-15-13-11-9-7-2/h9,11,15,17,40-41H,6-8,10,12-14,16,18-39H2,1-5H3/b11-9+,17-15+. The van der Waals surface area contributed by atoms with Crippen molar-refractivity contribution in [3.8, 4) is 0 Å². The van der Waals surface area contributed by atoms with Gasteiger partial charge in [-0.05, 0) is 38.5 Å². The number of carbonyl (C=O) groups is 3. The van der Waals surface area contributed by atoms with Crippen LogP contribution in [0.3, 0.4) is 0 Å². The second kappa shape index (κ2) is 35.8. The van der Waals surface area contributed by atoms with E-state index in [1.54, 1.807) is 21.1 Å². The Hall–Kier alpha value is -2.19. The van der Waals surface area contributed by atoms with Crippen LogP contribution in [0.25, 0.3) is 0 Å². The van der Waals surface area contributed by atoms with Gasteiger partial charge in [-0.3, -0.25) is 9.59 Å². The van der Waals surface area contributed by atoms with Gasteiger partial charge in [-0.1, -0.05) is 154 Å². The molecule has 0 saturated carbocycles. The summed E-state index contributed by atoms with van der Waals surface area (Å²) in [5.74, 6) is -1.74. The van der Waals surface area contributed by atoms with Crippen LogP contribution in [0.5, 0.6) is 0 Å². The molecule has 8 heteroatoms. The van der Waals surface area contributed by atoms with Gasteiger partial charge in [0.05, 0.1) is 40.3 Å². The van der Waals surface area contributed by atoms with Gasteiger partial charge in [-0.25, -0.2) is 0 Å². The van der Waals surface area contributed by atoms with Crippen molar-refractivity contribution in [1.82, 2.24) is 0 Å². The zero-order valence-electron chi connectivity index (χ0n) is 34.5.